The van der Waals surface area contributed by atoms with Crippen LogP contribution >= 0.6 is 0 Å². The van der Waals surface area contributed by atoms with E-state index in [2.05, 4.69) is 5.32 Å². The number of aliphatic hydroxyl groups is 8. The molecule has 1 aliphatic rings. The Morgan fingerprint density at radius 1 is 1.22 bits per heavy atom. The number of nitrogens with one attached hydrogen (secondary N) is 1. The minimum atomic E-state index is -3.04. The molecule has 15 heteroatoms. The molecule has 0 spiro atoms. The summed E-state index contributed by atoms with van der Waals surface area (Å²) in [6.45, 7) is -0.909. The van der Waals surface area contributed by atoms with Gasteiger partial charge in [-0.25, -0.2) is 4.79 Å². The van der Waals surface area contributed by atoms with Crippen LogP contribution in [0.15, 0.2) is 0 Å². The van der Waals surface area contributed by atoms with E-state index in [0.29, 0.717) is 0 Å². The highest BCUT2D eigenvalue weighted by atomic mass is 16.7. The first-order chi connectivity index (χ1) is 14.8. The third-order valence-electron chi connectivity index (χ3n) is 4.89. The van der Waals surface area contributed by atoms with Crippen LogP contribution in [0.1, 0.15) is 13.3 Å². The van der Waals surface area contributed by atoms with Crippen LogP contribution in [0, 0.1) is 0 Å². The van der Waals surface area contributed by atoms with E-state index in [1.807, 2.05) is 0 Å². The number of ether oxygens (including phenoxy) is 2. The van der Waals surface area contributed by atoms with E-state index in [4.69, 9.17) is 25.4 Å². The van der Waals surface area contributed by atoms with E-state index >= 15 is 0 Å². The van der Waals surface area contributed by atoms with Gasteiger partial charge in [0.05, 0.1) is 25.4 Å². The summed E-state index contributed by atoms with van der Waals surface area (Å²) in [7, 11) is 0. The zero-order valence-electron chi connectivity index (χ0n) is 17.1. The molecule has 0 radical (unpaired) electrons. The Morgan fingerprint density at radius 2 is 1.78 bits per heavy atom. The Hall–Kier alpha value is -1.79. The summed E-state index contributed by atoms with van der Waals surface area (Å²) in [6.07, 6.45) is -14.3. The number of esters is 1. The number of aldehydes is 1. The Labute approximate surface area is 182 Å². The summed E-state index contributed by atoms with van der Waals surface area (Å²) in [5, 5.41) is 80.8. The third-order valence-corrected chi connectivity index (χ3v) is 4.89. The second kappa shape index (κ2) is 11.9. The zero-order chi connectivity index (χ0) is 24.8. The van der Waals surface area contributed by atoms with Crippen molar-refractivity contribution in [2.24, 2.45) is 5.73 Å². The maximum absolute atomic E-state index is 12.6. The number of aliphatic hydroxyl groups excluding tert-OH is 7. The van der Waals surface area contributed by atoms with E-state index < -0.39 is 92.1 Å². The van der Waals surface area contributed by atoms with Gasteiger partial charge in [-0.1, -0.05) is 0 Å². The van der Waals surface area contributed by atoms with Gasteiger partial charge in [0.15, 0.2) is 6.10 Å². The van der Waals surface area contributed by atoms with Gasteiger partial charge in [-0.2, -0.15) is 0 Å². The van der Waals surface area contributed by atoms with Gasteiger partial charge in [-0.15, -0.1) is 0 Å². The van der Waals surface area contributed by atoms with Crippen molar-refractivity contribution in [2.75, 3.05) is 13.2 Å². The number of carbonyl (C=O) groups excluding carboxylic acids is 3. The van der Waals surface area contributed by atoms with E-state index in [1.165, 1.54) is 0 Å². The first kappa shape index (κ1) is 28.2. The molecule has 0 bridgehead atoms. The molecule has 11 N–H and O–H groups in total. The molecule has 0 aliphatic carbocycles. The number of nitrogens with two attached hydrogens (primary N) is 1. The van der Waals surface area contributed by atoms with E-state index in [9.17, 15) is 45.0 Å². The second-order valence-corrected chi connectivity index (χ2v) is 7.43. The van der Waals surface area contributed by atoms with Crippen LogP contribution < -0.4 is 11.1 Å². The van der Waals surface area contributed by atoms with Gasteiger partial charge >= 0.3 is 5.97 Å². The lowest BCUT2D eigenvalue weighted by atomic mass is 9.88. The fraction of sp³-hybridized carbons (Fsp3) is 0.824. The number of rotatable bonds is 11. The van der Waals surface area contributed by atoms with Crippen molar-refractivity contribution in [3.05, 3.63) is 0 Å². The summed E-state index contributed by atoms with van der Waals surface area (Å²) in [4.78, 5) is 35.1. The first-order valence-electron chi connectivity index (χ1n) is 9.54. The molecule has 15 nitrogen and oxygen atoms in total. The standard InChI is InChI=1S/C17H30N2O13/c1-6(23)19-11-8(24)2-17(30,32-15(11)13(28)10(26)5-22)16(29)31-14(7(18)3-20)12(27)9(25)4-21/h3,7-15,21-22,24-28,30H,2,4-5,18H2,1H3,(H,19,23)/t7-,8-,9+,10+,11+,12-,13+,14+,15+,17-/m0/s1. The predicted molar refractivity (Wildman–Crippen MR) is 100 cm³/mol. The number of carbonyl (C=O) groups is 3. The second-order valence-electron chi connectivity index (χ2n) is 7.43. The number of hydrogen-bond donors (Lipinski definition) is 10. The highest BCUT2D eigenvalue weighted by Gasteiger charge is 2.55. The molecule has 0 aromatic carbocycles. The minimum Gasteiger partial charge on any atom is -0.453 e. The van der Waals surface area contributed by atoms with Crippen molar-refractivity contribution < 1.29 is 64.7 Å². The largest absolute Gasteiger partial charge is 0.453 e. The number of hydrogen-bond acceptors (Lipinski definition) is 14. The summed E-state index contributed by atoms with van der Waals surface area (Å²) in [5.74, 6) is -5.44. The highest BCUT2D eigenvalue weighted by Crippen LogP contribution is 2.32. The van der Waals surface area contributed by atoms with Crippen LogP contribution in [0.5, 0.6) is 0 Å². The lowest BCUT2D eigenvalue weighted by Crippen LogP contribution is -2.68. The molecule has 0 saturated carbocycles. The van der Waals surface area contributed by atoms with Gasteiger partial charge in [0, 0.05) is 13.3 Å². The molecule has 1 heterocycles. The SMILES string of the molecule is CC(=O)N[C@H]1[C@H]([C@H](O)[C@H](O)CO)O[C@](O)(C(=O)O[C@@H]([C@@H](O)[C@H](O)CO)[C@@H](N)C=O)C[C@@H]1O. The molecule has 32 heavy (non-hydrogen) atoms. The molecule has 1 fully saturated rings. The van der Waals surface area contributed by atoms with Crippen molar-refractivity contribution >= 4 is 18.2 Å². The molecule has 1 aliphatic heterocycles. The normalized spacial score (nSPS) is 31.5. The fourth-order valence-electron chi connectivity index (χ4n) is 3.13. The van der Waals surface area contributed by atoms with Gasteiger partial charge in [0.1, 0.15) is 42.8 Å². The topological polar surface area (TPSA) is 270 Å². The Kier molecular flexibility index (Phi) is 10.5. The van der Waals surface area contributed by atoms with Crippen molar-refractivity contribution in [3.63, 3.8) is 0 Å². The highest BCUT2D eigenvalue weighted by molar-refractivity contribution is 5.79. The Bertz CT molecular complexity index is 652. The van der Waals surface area contributed by atoms with E-state index in [1.54, 1.807) is 0 Å². The van der Waals surface area contributed by atoms with Gasteiger partial charge < -0.3 is 66.2 Å². The smallest absolute Gasteiger partial charge is 0.367 e. The molecular weight excluding hydrogens is 440 g/mol. The first-order valence-corrected chi connectivity index (χ1v) is 9.54. The van der Waals surface area contributed by atoms with Crippen LogP contribution in [-0.2, 0) is 23.9 Å². The Morgan fingerprint density at radius 3 is 2.25 bits per heavy atom. The summed E-state index contributed by atoms with van der Waals surface area (Å²) in [5.41, 5.74) is 5.45. The van der Waals surface area contributed by atoms with Crippen molar-refractivity contribution in [1.29, 1.82) is 0 Å². The molecule has 0 aromatic heterocycles. The summed E-state index contributed by atoms with van der Waals surface area (Å²) < 4.78 is 9.97. The van der Waals surface area contributed by atoms with Crippen LogP contribution in [-0.4, -0.2) is 133 Å². The fourth-order valence-corrected chi connectivity index (χ4v) is 3.13. The minimum absolute atomic E-state index is 0.0584. The van der Waals surface area contributed by atoms with Gasteiger partial charge in [0.2, 0.25) is 5.91 Å². The molecule has 1 saturated heterocycles. The van der Waals surface area contributed by atoms with Gasteiger partial charge in [-0.05, 0) is 0 Å². The molecule has 186 valence electrons. The summed E-state index contributed by atoms with van der Waals surface area (Å²) >= 11 is 0. The van der Waals surface area contributed by atoms with Crippen molar-refractivity contribution in [3.8, 4) is 0 Å². The van der Waals surface area contributed by atoms with Gasteiger partial charge in [-0.3, -0.25) is 4.79 Å². The lowest BCUT2D eigenvalue weighted by molar-refractivity contribution is -0.300. The van der Waals surface area contributed by atoms with Crippen molar-refractivity contribution in [1.82, 2.24) is 5.32 Å². The maximum atomic E-state index is 12.6. The maximum Gasteiger partial charge on any atom is 0.367 e. The van der Waals surface area contributed by atoms with Crippen LogP contribution in [0.25, 0.3) is 0 Å². The monoisotopic (exact) mass is 470 g/mol. The predicted octanol–water partition coefficient (Wildman–Crippen LogP) is -6.80. The molecule has 1 rings (SSSR count). The summed E-state index contributed by atoms with van der Waals surface area (Å²) in [6, 6.07) is -3.15. The average molecular weight is 470 g/mol. The molecule has 0 aromatic rings. The average Bonchev–Trinajstić information content (AvgIpc) is 2.75. The van der Waals surface area contributed by atoms with Crippen LogP contribution in [0.4, 0.5) is 0 Å². The van der Waals surface area contributed by atoms with Gasteiger partial charge in [0.25, 0.3) is 5.79 Å². The van der Waals surface area contributed by atoms with Crippen LogP contribution in [0.2, 0.25) is 0 Å². The molecule has 10 atom stereocenters. The zero-order valence-corrected chi connectivity index (χ0v) is 17.1. The van der Waals surface area contributed by atoms with E-state index in [0.717, 1.165) is 6.92 Å². The number of amides is 1. The molecule has 1 amide bonds. The van der Waals surface area contributed by atoms with Crippen LogP contribution in [0.3, 0.4) is 0 Å². The van der Waals surface area contributed by atoms with E-state index in [-0.39, 0.29) is 6.29 Å². The lowest BCUT2D eigenvalue weighted by Gasteiger charge is -2.45. The molecule has 0 unspecified atom stereocenters. The third kappa shape index (κ3) is 6.61. The van der Waals surface area contributed by atoms with Crippen molar-refractivity contribution in [2.45, 2.75) is 73.9 Å². The Balaban J connectivity index is 3.21. The molecular formula is C17H30N2O13. The quantitative estimate of drug-likeness (QED) is 0.0993.